The fourth-order valence-electron chi connectivity index (χ4n) is 1.96. The van der Waals surface area contributed by atoms with Crippen LogP contribution in [0.5, 0.6) is 11.5 Å². The lowest BCUT2D eigenvalue weighted by Gasteiger charge is -2.10. The van der Waals surface area contributed by atoms with Gasteiger partial charge in [-0.1, -0.05) is 6.07 Å². The van der Waals surface area contributed by atoms with Gasteiger partial charge in [0, 0.05) is 17.8 Å². The van der Waals surface area contributed by atoms with Crippen molar-refractivity contribution in [1.82, 2.24) is 9.97 Å². The number of pyridine rings is 2. The molecule has 0 atom stereocenters. The highest BCUT2D eigenvalue weighted by molar-refractivity contribution is 5.96. The molecule has 3 aromatic rings. The number of hydrogen-bond donors (Lipinski definition) is 2. The Labute approximate surface area is 115 Å². The van der Waals surface area contributed by atoms with Gasteiger partial charge in [0.2, 0.25) is 0 Å². The lowest BCUT2D eigenvalue weighted by atomic mass is 10.2. The van der Waals surface area contributed by atoms with E-state index >= 15 is 0 Å². The molecule has 1 aromatic carbocycles. The molecule has 0 aliphatic carbocycles. The topological polar surface area (TPSA) is 84.9 Å². The summed E-state index contributed by atoms with van der Waals surface area (Å²) in [4.78, 5) is 8.34. The summed E-state index contributed by atoms with van der Waals surface area (Å²) in [5.41, 5.74) is 6.68. The summed E-state index contributed by atoms with van der Waals surface area (Å²) in [6.07, 6.45) is 3.31. The fourth-order valence-corrected chi connectivity index (χ4v) is 1.96. The van der Waals surface area contributed by atoms with Crippen LogP contribution in [0.25, 0.3) is 10.9 Å². The van der Waals surface area contributed by atoms with Gasteiger partial charge < -0.3 is 10.5 Å². The highest BCUT2D eigenvalue weighted by Gasteiger charge is 2.10. The van der Waals surface area contributed by atoms with Crippen LogP contribution in [0, 0.1) is 5.41 Å². The van der Waals surface area contributed by atoms with Gasteiger partial charge in [0.1, 0.15) is 17.3 Å². The predicted octanol–water partition coefficient (Wildman–Crippen LogP) is 2.71. The monoisotopic (exact) mass is 264 g/mol. The summed E-state index contributed by atoms with van der Waals surface area (Å²) < 4.78 is 5.86. The van der Waals surface area contributed by atoms with Crippen molar-refractivity contribution in [3.8, 4) is 11.5 Å². The summed E-state index contributed by atoms with van der Waals surface area (Å²) >= 11 is 0. The van der Waals surface area contributed by atoms with Crippen molar-refractivity contribution in [2.24, 2.45) is 5.73 Å². The molecule has 3 rings (SSSR count). The Balaban J connectivity index is 2.08. The van der Waals surface area contributed by atoms with Crippen LogP contribution < -0.4 is 10.5 Å². The number of nitrogens with one attached hydrogen (secondary N) is 1. The number of nitrogens with two attached hydrogens (primary N) is 1. The molecule has 0 saturated carbocycles. The number of nitrogen functional groups attached to an aromatic ring is 1. The maximum Gasteiger partial charge on any atom is 0.156 e. The van der Waals surface area contributed by atoms with Crippen molar-refractivity contribution in [3.05, 3.63) is 60.6 Å². The van der Waals surface area contributed by atoms with Crippen LogP contribution in [-0.4, -0.2) is 15.8 Å². The lowest BCUT2D eigenvalue weighted by Crippen LogP contribution is -2.14. The van der Waals surface area contributed by atoms with E-state index in [2.05, 4.69) is 9.97 Å². The molecule has 3 N–H and O–H groups in total. The molecule has 20 heavy (non-hydrogen) atoms. The average molecular weight is 264 g/mol. The van der Waals surface area contributed by atoms with E-state index in [1.54, 1.807) is 24.5 Å². The zero-order valence-electron chi connectivity index (χ0n) is 10.6. The Morgan fingerprint density at radius 1 is 0.950 bits per heavy atom. The highest BCUT2D eigenvalue weighted by atomic mass is 16.5. The fraction of sp³-hybridized carbons (Fsp3) is 0. The van der Waals surface area contributed by atoms with E-state index in [4.69, 9.17) is 15.9 Å². The Bertz CT molecular complexity index is 780. The molecule has 0 saturated heterocycles. The van der Waals surface area contributed by atoms with E-state index in [1.807, 2.05) is 30.3 Å². The van der Waals surface area contributed by atoms with Gasteiger partial charge in [-0.25, -0.2) is 4.98 Å². The molecule has 5 nitrogen and oxygen atoms in total. The molecule has 5 heteroatoms. The van der Waals surface area contributed by atoms with Gasteiger partial charge in [-0.15, -0.1) is 0 Å². The number of nitrogens with zero attached hydrogens (tertiary/aromatic N) is 2. The van der Waals surface area contributed by atoms with Crippen molar-refractivity contribution in [2.45, 2.75) is 0 Å². The van der Waals surface area contributed by atoms with Gasteiger partial charge in [-0.3, -0.25) is 10.4 Å². The Kier molecular flexibility index (Phi) is 3.01. The minimum Gasteiger partial charge on any atom is -0.454 e. The first kappa shape index (κ1) is 12.1. The minimum absolute atomic E-state index is 0.126. The van der Waals surface area contributed by atoms with Gasteiger partial charge in [-0.05, 0) is 36.4 Å². The summed E-state index contributed by atoms with van der Waals surface area (Å²) in [5.74, 6) is 0.987. The summed E-state index contributed by atoms with van der Waals surface area (Å²) in [6, 6.07) is 12.9. The van der Waals surface area contributed by atoms with Crippen molar-refractivity contribution in [3.63, 3.8) is 0 Å². The first-order chi connectivity index (χ1) is 9.75. The van der Waals surface area contributed by atoms with Crippen LogP contribution in [0.4, 0.5) is 0 Å². The maximum atomic E-state index is 7.53. The van der Waals surface area contributed by atoms with Crippen LogP contribution in [0.1, 0.15) is 5.69 Å². The van der Waals surface area contributed by atoms with Gasteiger partial charge in [0.05, 0.1) is 5.52 Å². The molecular weight excluding hydrogens is 252 g/mol. The van der Waals surface area contributed by atoms with Gasteiger partial charge in [0.25, 0.3) is 0 Å². The SMILES string of the molecule is N=C(N)c1ncccc1Oc1cccc2ncccc12. The number of amidine groups is 1. The van der Waals surface area contributed by atoms with Crippen molar-refractivity contribution in [2.75, 3.05) is 0 Å². The first-order valence-electron chi connectivity index (χ1n) is 6.07. The van der Waals surface area contributed by atoms with Crippen LogP contribution in [-0.2, 0) is 0 Å². The number of aromatic nitrogens is 2. The number of fused-ring (bicyclic) bond motifs is 1. The normalized spacial score (nSPS) is 10.4. The molecule has 0 amide bonds. The van der Waals surface area contributed by atoms with Gasteiger partial charge >= 0.3 is 0 Å². The standard InChI is InChI=1S/C15H12N4O/c16-15(17)14-13(7-3-9-19-14)20-12-6-1-5-11-10(12)4-2-8-18-11/h1-9H,(H3,16,17). The van der Waals surface area contributed by atoms with E-state index < -0.39 is 0 Å². The molecule has 0 unspecified atom stereocenters. The second-order valence-corrected chi connectivity index (χ2v) is 4.19. The summed E-state index contributed by atoms with van der Waals surface area (Å²) in [7, 11) is 0. The zero-order chi connectivity index (χ0) is 13.9. The second kappa shape index (κ2) is 4.97. The van der Waals surface area contributed by atoms with Gasteiger partial charge in [-0.2, -0.15) is 0 Å². The number of benzene rings is 1. The predicted molar refractivity (Wildman–Crippen MR) is 77.1 cm³/mol. The minimum atomic E-state index is -0.126. The molecule has 0 spiro atoms. The maximum absolute atomic E-state index is 7.53. The highest BCUT2D eigenvalue weighted by Crippen LogP contribution is 2.29. The second-order valence-electron chi connectivity index (χ2n) is 4.19. The van der Waals surface area contributed by atoms with Crippen molar-refractivity contribution < 1.29 is 4.74 Å². The third-order valence-corrected chi connectivity index (χ3v) is 2.85. The van der Waals surface area contributed by atoms with E-state index in [9.17, 15) is 0 Å². The lowest BCUT2D eigenvalue weighted by molar-refractivity contribution is 0.484. The Morgan fingerprint density at radius 2 is 1.70 bits per heavy atom. The first-order valence-corrected chi connectivity index (χ1v) is 6.07. The van der Waals surface area contributed by atoms with E-state index in [0.717, 1.165) is 10.9 Å². The van der Waals surface area contributed by atoms with Crippen LogP contribution in [0.2, 0.25) is 0 Å². The molecule has 0 radical (unpaired) electrons. The molecular formula is C15H12N4O. The summed E-state index contributed by atoms with van der Waals surface area (Å²) in [6.45, 7) is 0. The molecule has 0 aliphatic rings. The third kappa shape index (κ3) is 2.16. The quantitative estimate of drug-likeness (QED) is 0.562. The largest absolute Gasteiger partial charge is 0.454 e. The van der Waals surface area contributed by atoms with Crippen molar-refractivity contribution in [1.29, 1.82) is 5.41 Å². The third-order valence-electron chi connectivity index (χ3n) is 2.85. The zero-order valence-corrected chi connectivity index (χ0v) is 10.6. The van der Waals surface area contributed by atoms with Gasteiger partial charge in [0.15, 0.2) is 5.75 Å². The Hall–Kier alpha value is -2.95. The molecule has 0 aliphatic heterocycles. The molecule has 2 heterocycles. The summed E-state index contributed by atoms with van der Waals surface area (Å²) in [5, 5.41) is 8.42. The number of ether oxygens (including phenoxy) is 1. The molecule has 2 aromatic heterocycles. The molecule has 98 valence electrons. The number of hydrogen-bond acceptors (Lipinski definition) is 4. The van der Waals surface area contributed by atoms with Crippen LogP contribution >= 0.6 is 0 Å². The van der Waals surface area contributed by atoms with Crippen molar-refractivity contribution >= 4 is 16.7 Å². The Morgan fingerprint density at radius 3 is 2.55 bits per heavy atom. The number of rotatable bonds is 3. The van der Waals surface area contributed by atoms with E-state index in [1.165, 1.54) is 0 Å². The molecule has 0 bridgehead atoms. The smallest absolute Gasteiger partial charge is 0.156 e. The van der Waals surface area contributed by atoms with E-state index in [-0.39, 0.29) is 5.84 Å². The van der Waals surface area contributed by atoms with Crippen LogP contribution in [0.3, 0.4) is 0 Å². The average Bonchev–Trinajstić information content (AvgIpc) is 2.48. The van der Waals surface area contributed by atoms with Crippen LogP contribution in [0.15, 0.2) is 54.9 Å². The van der Waals surface area contributed by atoms with E-state index in [0.29, 0.717) is 17.2 Å². The molecule has 0 fully saturated rings.